The lowest BCUT2D eigenvalue weighted by Crippen LogP contribution is -2.37. The van der Waals surface area contributed by atoms with Crippen molar-refractivity contribution in [2.45, 2.75) is 54.4 Å². The third kappa shape index (κ3) is 14.5. The van der Waals surface area contributed by atoms with Gasteiger partial charge in [0.05, 0.1) is 24.9 Å². The SMILES string of the molecule is CCC(C)(C)C(=O)OCCN(C)C.CCC(C)(C)C(=O)OCC[N+](C)(C)[O-]. The third-order valence-corrected chi connectivity index (χ3v) is 4.51. The fraction of sp³-hybridized carbons (Fsp3) is 0.900. The van der Waals surface area contributed by atoms with E-state index >= 15 is 0 Å². The maximum Gasteiger partial charge on any atom is 0.311 e. The maximum absolute atomic E-state index is 11.5. The number of carbonyl (C=O) groups is 2. The van der Waals surface area contributed by atoms with Crippen molar-refractivity contribution >= 4 is 11.9 Å². The highest BCUT2D eigenvalue weighted by Gasteiger charge is 2.27. The molecule has 0 atom stereocenters. The highest BCUT2D eigenvalue weighted by atomic mass is 16.6. The van der Waals surface area contributed by atoms with Crippen molar-refractivity contribution < 1.29 is 23.7 Å². The maximum atomic E-state index is 11.5. The van der Waals surface area contributed by atoms with Crippen LogP contribution in [0.5, 0.6) is 0 Å². The smallest absolute Gasteiger partial charge is 0.311 e. The summed E-state index contributed by atoms with van der Waals surface area (Å²) in [6.07, 6.45) is 1.55. The Morgan fingerprint density at radius 2 is 1.26 bits per heavy atom. The molecule has 7 heteroatoms. The number of carbonyl (C=O) groups excluding carboxylic acids is 2. The van der Waals surface area contributed by atoms with Crippen molar-refractivity contribution in [3.63, 3.8) is 0 Å². The molecule has 0 bridgehead atoms. The Labute approximate surface area is 166 Å². The predicted octanol–water partition coefficient (Wildman–Crippen LogP) is 3.07. The highest BCUT2D eigenvalue weighted by molar-refractivity contribution is 5.76. The molecule has 0 saturated heterocycles. The zero-order valence-electron chi connectivity index (χ0n) is 19.2. The number of hydrogen-bond donors (Lipinski definition) is 0. The average molecular weight is 391 g/mol. The van der Waals surface area contributed by atoms with E-state index in [4.69, 9.17) is 9.47 Å². The molecular weight excluding hydrogens is 348 g/mol. The fourth-order valence-electron chi connectivity index (χ4n) is 1.36. The van der Waals surface area contributed by atoms with Crippen LogP contribution < -0.4 is 0 Å². The molecule has 0 aromatic rings. The first-order valence-corrected chi connectivity index (χ1v) is 9.62. The van der Waals surface area contributed by atoms with Crippen LogP contribution in [0.3, 0.4) is 0 Å². The van der Waals surface area contributed by atoms with E-state index in [-0.39, 0.29) is 24.0 Å². The molecule has 0 N–H and O–H groups in total. The lowest BCUT2D eigenvalue weighted by molar-refractivity contribution is -0.840. The van der Waals surface area contributed by atoms with Crippen molar-refractivity contribution in [2.24, 2.45) is 10.8 Å². The van der Waals surface area contributed by atoms with E-state index in [1.807, 2.05) is 60.5 Å². The van der Waals surface area contributed by atoms with Crippen LogP contribution in [-0.2, 0) is 19.1 Å². The largest absolute Gasteiger partial charge is 0.633 e. The molecule has 27 heavy (non-hydrogen) atoms. The first-order valence-electron chi connectivity index (χ1n) is 9.62. The Balaban J connectivity index is 0. The second kappa shape index (κ2) is 12.3. The molecule has 0 spiro atoms. The van der Waals surface area contributed by atoms with E-state index in [1.165, 1.54) is 14.1 Å². The van der Waals surface area contributed by atoms with Gasteiger partial charge in [0, 0.05) is 6.54 Å². The van der Waals surface area contributed by atoms with E-state index in [0.29, 0.717) is 13.2 Å². The normalized spacial score (nSPS) is 12.3. The van der Waals surface area contributed by atoms with Gasteiger partial charge in [-0.05, 0) is 54.6 Å². The number of quaternary nitrogens is 1. The minimum atomic E-state index is -0.444. The molecule has 0 fully saturated rings. The van der Waals surface area contributed by atoms with Crippen molar-refractivity contribution in [1.29, 1.82) is 0 Å². The zero-order chi connectivity index (χ0) is 21.9. The van der Waals surface area contributed by atoms with Crippen LogP contribution in [0.2, 0.25) is 0 Å². The molecule has 0 aromatic heterocycles. The summed E-state index contributed by atoms with van der Waals surface area (Å²) in [7, 11) is 6.97. The summed E-state index contributed by atoms with van der Waals surface area (Å²) in [5, 5.41) is 11.2. The molecule has 0 saturated carbocycles. The van der Waals surface area contributed by atoms with Crippen LogP contribution >= 0.6 is 0 Å². The first kappa shape index (κ1) is 28.0. The molecule has 0 aliphatic carbocycles. The van der Waals surface area contributed by atoms with E-state index in [2.05, 4.69) is 0 Å². The lowest BCUT2D eigenvalue weighted by Gasteiger charge is -2.33. The Morgan fingerprint density at radius 3 is 1.56 bits per heavy atom. The van der Waals surface area contributed by atoms with E-state index < -0.39 is 10.1 Å². The summed E-state index contributed by atoms with van der Waals surface area (Å²) in [6.45, 7) is 13.2. The van der Waals surface area contributed by atoms with Crippen LogP contribution in [0, 0.1) is 16.0 Å². The molecule has 0 aromatic carbocycles. The lowest BCUT2D eigenvalue weighted by atomic mass is 9.91. The van der Waals surface area contributed by atoms with Crippen molar-refractivity contribution in [3.05, 3.63) is 5.21 Å². The standard InChI is InChI=1S/C10H21NO3.C10H21NO2/c1-6-10(2,3)9(12)14-8-7-11(4,5)13;1-6-10(2,3)9(12)13-8-7-11(4)5/h6-8H2,1-5H3;6-8H2,1-5H3. The van der Waals surface area contributed by atoms with E-state index in [0.717, 1.165) is 19.4 Å². The molecule has 162 valence electrons. The van der Waals surface area contributed by atoms with Gasteiger partial charge < -0.3 is 24.2 Å². The Kier molecular flexibility index (Phi) is 12.8. The predicted molar refractivity (Wildman–Crippen MR) is 109 cm³/mol. The number of rotatable bonds is 10. The fourth-order valence-corrected chi connectivity index (χ4v) is 1.36. The number of likely N-dealkylation sites (N-methyl/N-ethyl adjacent to an activating group) is 2. The summed E-state index contributed by atoms with van der Waals surface area (Å²) in [4.78, 5) is 24.9. The monoisotopic (exact) mass is 390 g/mol. The van der Waals surface area contributed by atoms with Crippen molar-refractivity contribution in [3.8, 4) is 0 Å². The van der Waals surface area contributed by atoms with Crippen LogP contribution in [0.4, 0.5) is 0 Å². The number of ether oxygens (including phenoxy) is 2. The molecule has 0 unspecified atom stereocenters. The van der Waals surface area contributed by atoms with Crippen LogP contribution in [-0.4, -0.2) is 76.0 Å². The number of nitrogens with zero attached hydrogens (tertiary/aromatic N) is 2. The summed E-state index contributed by atoms with van der Waals surface area (Å²) < 4.78 is 9.72. The third-order valence-electron chi connectivity index (χ3n) is 4.51. The van der Waals surface area contributed by atoms with E-state index in [9.17, 15) is 14.8 Å². The first-order chi connectivity index (χ1) is 12.1. The summed E-state index contributed by atoms with van der Waals surface area (Å²) >= 11 is 0. The second-order valence-corrected chi connectivity index (χ2v) is 8.85. The molecule has 7 nitrogen and oxygen atoms in total. The number of hydroxylamine groups is 3. The molecule has 0 aliphatic rings. The Hall–Kier alpha value is -1.18. The van der Waals surface area contributed by atoms with Gasteiger partial charge in [0.25, 0.3) is 0 Å². The zero-order valence-corrected chi connectivity index (χ0v) is 19.2. The molecule has 0 heterocycles. The minimum Gasteiger partial charge on any atom is -0.633 e. The van der Waals surface area contributed by atoms with Gasteiger partial charge in [-0.1, -0.05) is 13.8 Å². The Morgan fingerprint density at radius 1 is 0.889 bits per heavy atom. The van der Waals surface area contributed by atoms with Gasteiger partial charge in [0.1, 0.15) is 19.8 Å². The molecular formula is C20H42N2O5. The van der Waals surface area contributed by atoms with Gasteiger partial charge >= 0.3 is 11.9 Å². The Bertz CT molecular complexity index is 440. The summed E-state index contributed by atoms with van der Waals surface area (Å²) in [5.41, 5.74) is -0.785. The average Bonchev–Trinajstić information content (AvgIpc) is 2.53. The van der Waals surface area contributed by atoms with Gasteiger partial charge in [0.2, 0.25) is 0 Å². The van der Waals surface area contributed by atoms with Crippen molar-refractivity contribution in [1.82, 2.24) is 4.90 Å². The molecule has 0 aliphatic heterocycles. The topological polar surface area (TPSA) is 78.9 Å². The van der Waals surface area contributed by atoms with Gasteiger partial charge in [-0.3, -0.25) is 9.59 Å². The quantitative estimate of drug-likeness (QED) is 0.324. The van der Waals surface area contributed by atoms with Gasteiger partial charge in [-0.15, -0.1) is 0 Å². The summed E-state index contributed by atoms with van der Waals surface area (Å²) in [6, 6.07) is 0. The van der Waals surface area contributed by atoms with Crippen LogP contribution in [0.25, 0.3) is 0 Å². The minimum absolute atomic E-state index is 0.100. The molecule has 0 radical (unpaired) electrons. The van der Waals surface area contributed by atoms with E-state index in [1.54, 1.807) is 0 Å². The number of hydrogen-bond acceptors (Lipinski definition) is 6. The molecule has 0 rings (SSSR count). The van der Waals surface area contributed by atoms with Crippen LogP contribution in [0.15, 0.2) is 0 Å². The van der Waals surface area contributed by atoms with Crippen molar-refractivity contribution in [2.75, 3.05) is 54.5 Å². The van der Waals surface area contributed by atoms with Crippen LogP contribution in [0.1, 0.15) is 54.4 Å². The van der Waals surface area contributed by atoms with Gasteiger partial charge in [-0.25, -0.2) is 0 Å². The van der Waals surface area contributed by atoms with Gasteiger partial charge in [-0.2, -0.15) is 0 Å². The number of esters is 2. The summed E-state index contributed by atoms with van der Waals surface area (Å²) in [5.74, 6) is -0.328. The molecule has 0 amide bonds. The van der Waals surface area contributed by atoms with Gasteiger partial charge in [0.15, 0.2) is 0 Å². The highest BCUT2D eigenvalue weighted by Crippen LogP contribution is 2.21. The second-order valence-electron chi connectivity index (χ2n) is 8.85.